The van der Waals surface area contributed by atoms with Crippen molar-refractivity contribution in [2.75, 3.05) is 12.8 Å². The third-order valence-electron chi connectivity index (χ3n) is 4.40. The number of amides is 2. The summed E-state index contributed by atoms with van der Waals surface area (Å²) in [5.74, 6) is 0.0956. The number of hydrogen-bond donors (Lipinski definition) is 1. The average molecular weight is 371 g/mol. The lowest BCUT2D eigenvalue weighted by molar-refractivity contribution is -0.138. The van der Waals surface area contributed by atoms with E-state index in [9.17, 15) is 9.59 Å². The smallest absolute Gasteiger partial charge is 0.242 e. The quantitative estimate of drug-likeness (QED) is 0.758. The van der Waals surface area contributed by atoms with Crippen molar-refractivity contribution < 1.29 is 9.59 Å². The maximum atomic E-state index is 12.9. The molecule has 0 radical (unpaired) electrons. The summed E-state index contributed by atoms with van der Waals surface area (Å²) in [5.41, 5.74) is 3.35. The molecule has 1 atom stereocenters. The molecule has 1 N–H and O–H groups in total. The highest BCUT2D eigenvalue weighted by molar-refractivity contribution is 8.00. The van der Waals surface area contributed by atoms with Crippen molar-refractivity contribution in [3.05, 3.63) is 65.2 Å². The van der Waals surface area contributed by atoms with Gasteiger partial charge in [-0.2, -0.15) is 0 Å². The lowest BCUT2D eigenvalue weighted by atomic mass is 10.1. The van der Waals surface area contributed by atoms with Crippen LogP contribution in [0.1, 0.15) is 23.6 Å². The molecule has 0 spiro atoms. The number of nitrogens with one attached hydrogen (secondary N) is 1. The van der Waals surface area contributed by atoms with E-state index in [2.05, 4.69) is 5.32 Å². The van der Waals surface area contributed by atoms with Gasteiger partial charge in [0.1, 0.15) is 6.04 Å². The lowest BCUT2D eigenvalue weighted by Crippen LogP contribution is -2.47. The molecule has 2 amide bonds. The summed E-state index contributed by atoms with van der Waals surface area (Å²) in [4.78, 5) is 27.7. The molecule has 0 saturated carbocycles. The topological polar surface area (TPSA) is 49.4 Å². The van der Waals surface area contributed by atoms with Crippen LogP contribution in [0.15, 0.2) is 53.4 Å². The third-order valence-corrected chi connectivity index (χ3v) is 5.40. The molecule has 0 heterocycles. The zero-order valence-electron chi connectivity index (χ0n) is 15.8. The van der Waals surface area contributed by atoms with E-state index in [0.29, 0.717) is 12.3 Å². The minimum Gasteiger partial charge on any atom is -0.357 e. The van der Waals surface area contributed by atoms with Gasteiger partial charge in [0, 0.05) is 18.5 Å². The van der Waals surface area contributed by atoms with Crippen molar-refractivity contribution in [3.8, 4) is 0 Å². The number of thioether (sulfide) groups is 1. The lowest BCUT2D eigenvalue weighted by Gasteiger charge is -2.29. The molecule has 4 nitrogen and oxygen atoms in total. The van der Waals surface area contributed by atoms with Gasteiger partial charge in [-0.15, -0.1) is 11.8 Å². The Bertz CT molecular complexity index is 759. The second-order valence-corrected chi connectivity index (χ2v) is 7.39. The molecule has 0 aromatic heterocycles. The summed E-state index contributed by atoms with van der Waals surface area (Å²) in [7, 11) is 1.59. The highest BCUT2D eigenvalue weighted by Gasteiger charge is 2.25. The van der Waals surface area contributed by atoms with Crippen LogP contribution >= 0.6 is 11.8 Å². The summed E-state index contributed by atoms with van der Waals surface area (Å²) >= 11 is 1.49. The van der Waals surface area contributed by atoms with Crippen molar-refractivity contribution in [2.45, 2.75) is 38.3 Å². The van der Waals surface area contributed by atoms with Crippen molar-refractivity contribution in [2.24, 2.45) is 0 Å². The Morgan fingerprint density at radius 1 is 1.08 bits per heavy atom. The van der Waals surface area contributed by atoms with E-state index < -0.39 is 6.04 Å². The van der Waals surface area contributed by atoms with Crippen molar-refractivity contribution in [1.82, 2.24) is 10.2 Å². The molecular formula is C21H26N2O2S. The molecule has 0 aliphatic carbocycles. The first-order valence-corrected chi connectivity index (χ1v) is 9.66. The Hall–Kier alpha value is -2.27. The van der Waals surface area contributed by atoms with Crippen LogP contribution in [0, 0.1) is 13.8 Å². The van der Waals surface area contributed by atoms with Gasteiger partial charge >= 0.3 is 0 Å². The maximum absolute atomic E-state index is 12.9. The van der Waals surface area contributed by atoms with E-state index in [4.69, 9.17) is 0 Å². The van der Waals surface area contributed by atoms with E-state index >= 15 is 0 Å². The van der Waals surface area contributed by atoms with Crippen molar-refractivity contribution in [3.63, 3.8) is 0 Å². The molecule has 26 heavy (non-hydrogen) atoms. The van der Waals surface area contributed by atoms with Crippen LogP contribution in [0.25, 0.3) is 0 Å². The first-order chi connectivity index (χ1) is 12.4. The number of hydrogen-bond acceptors (Lipinski definition) is 3. The Kier molecular flexibility index (Phi) is 7.27. The molecule has 0 unspecified atom stereocenters. The van der Waals surface area contributed by atoms with Gasteiger partial charge in [-0.25, -0.2) is 0 Å². The van der Waals surface area contributed by atoms with Gasteiger partial charge in [0.2, 0.25) is 11.8 Å². The largest absolute Gasteiger partial charge is 0.357 e. The number of nitrogens with zero attached hydrogens (tertiary/aromatic N) is 1. The zero-order valence-corrected chi connectivity index (χ0v) is 16.6. The second-order valence-electron chi connectivity index (χ2n) is 6.34. The normalized spacial score (nSPS) is 11.7. The SMILES string of the molecule is CNC(=O)[C@@H](C)N(Cc1ccccc1C)C(=O)CSc1ccc(C)cc1. The van der Waals surface area contributed by atoms with Crippen LogP contribution < -0.4 is 5.32 Å². The standard InChI is InChI=1S/C21H26N2O2S/c1-15-9-11-19(12-10-15)26-14-20(24)23(17(3)21(25)22-4)13-18-8-6-5-7-16(18)2/h5-12,17H,13-14H2,1-4H3,(H,22,25)/t17-/m1/s1. The monoisotopic (exact) mass is 370 g/mol. The molecule has 138 valence electrons. The summed E-state index contributed by atoms with van der Waals surface area (Å²) in [6.45, 7) is 6.25. The number of aryl methyl sites for hydroxylation is 2. The molecule has 2 rings (SSSR count). The van der Waals surface area contributed by atoms with Gasteiger partial charge in [-0.3, -0.25) is 9.59 Å². The van der Waals surface area contributed by atoms with E-state index in [1.807, 2.05) is 62.4 Å². The molecule has 0 saturated heterocycles. The van der Waals surface area contributed by atoms with Crippen LogP contribution in [0.3, 0.4) is 0 Å². The highest BCUT2D eigenvalue weighted by atomic mass is 32.2. The van der Waals surface area contributed by atoms with Gasteiger partial charge in [0.05, 0.1) is 5.75 Å². The second kappa shape index (κ2) is 9.43. The maximum Gasteiger partial charge on any atom is 0.242 e. The zero-order chi connectivity index (χ0) is 19.1. The fourth-order valence-corrected chi connectivity index (χ4v) is 3.41. The van der Waals surface area contributed by atoms with Gasteiger partial charge in [-0.1, -0.05) is 42.0 Å². The fraction of sp³-hybridized carbons (Fsp3) is 0.333. The van der Waals surface area contributed by atoms with Crippen molar-refractivity contribution in [1.29, 1.82) is 0 Å². The molecule has 5 heteroatoms. The average Bonchev–Trinajstić information content (AvgIpc) is 2.65. The number of carbonyl (C=O) groups excluding carboxylic acids is 2. The van der Waals surface area contributed by atoms with E-state index in [0.717, 1.165) is 16.0 Å². The number of rotatable bonds is 7. The molecule has 0 aliphatic heterocycles. The first kappa shape index (κ1) is 20.0. The van der Waals surface area contributed by atoms with E-state index in [1.165, 1.54) is 17.3 Å². The van der Waals surface area contributed by atoms with Gasteiger partial charge in [0.15, 0.2) is 0 Å². The fourth-order valence-electron chi connectivity index (χ4n) is 2.63. The summed E-state index contributed by atoms with van der Waals surface area (Å²) in [6, 6.07) is 15.5. The van der Waals surface area contributed by atoms with Crippen LogP contribution in [0.5, 0.6) is 0 Å². The van der Waals surface area contributed by atoms with Crippen LogP contribution in [0.2, 0.25) is 0 Å². The minimum absolute atomic E-state index is 0.0464. The predicted molar refractivity (Wildman–Crippen MR) is 107 cm³/mol. The van der Waals surface area contributed by atoms with Crippen LogP contribution in [0.4, 0.5) is 0 Å². The first-order valence-electron chi connectivity index (χ1n) is 8.67. The number of carbonyl (C=O) groups is 2. The van der Waals surface area contributed by atoms with Crippen LogP contribution in [-0.2, 0) is 16.1 Å². The minimum atomic E-state index is -0.522. The predicted octanol–water partition coefficient (Wildman–Crippen LogP) is 3.56. The Morgan fingerprint density at radius 3 is 2.35 bits per heavy atom. The third kappa shape index (κ3) is 5.36. The van der Waals surface area contributed by atoms with Gasteiger partial charge in [0.25, 0.3) is 0 Å². The number of benzene rings is 2. The van der Waals surface area contributed by atoms with E-state index in [-0.39, 0.29) is 11.8 Å². The Labute approximate surface area is 160 Å². The van der Waals surface area contributed by atoms with Crippen molar-refractivity contribution >= 4 is 23.6 Å². The summed E-state index contributed by atoms with van der Waals surface area (Å²) in [6.07, 6.45) is 0. The van der Waals surface area contributed by atoms with Gasteiger partial charge in [-0.05, 0) is 44.0 Å². The molecular weight excluding hydrogens is 344 g/mol. The summed E-state index contributed by atoms with van der Waals surface area (Å²) < 4.78 is 0. The molecule has 2 aromatic carbocycles. The highest BCUT2D eigenvalue weighted by Crippen LogP contribution is 2.21. The van der Waals surface area contributed by atoms with Gasteiger partial charge < -0.3 is 10.2 Å². The Morgan fingerprint density at radius 2 is 1.73 bits per heavy atom. The Balaban J connectivity index is 2.13. The molecule has 0 fully saturated rings. The molecule has 2 aromatic rings. The molecule has 0 bridgehead atoms. The number of likely N-dealkylation sites (N-methyl/N-ethyl adjacent to an activating group) is 1. The molecule has 0 aliphatic rings. The van der Waals surface area contributed by atoms with E-state index in [1.54, 1.807) is 18.9 Å². The van der Waals surface area contributed by atoms with Crippen LogP contribution in [-0.4, -0.2) is 35.6 Å². The summed E-state index contributed by atoms with van der Waals surface area (Å²) in [5, 5.41) is 2.64.